The van der Waals surface area contributed by atoms with Gasteiger partial charge >= 0.3 is 5.97 Å². The fourth-order valence-corrected chi connectivity index (χ4v) is 1.90. The summed E-state index contributed by atoms with van der Waals surface area (Å²) in [6.45, 7) is 1.95. The van der Waals surface area contributed by atoms with Gasteiger partial charge in [-0.2, -0.15) is 0 Å². The van der Waals surface area contributed by atoms with E-state index < -0.39 is 5.97 Å². The predicted molar refractivity (Wildman–Crippen MR) is 63.1 cm³/mol. The van der Waals surface area contributed by atoms with Gasteiger partial charge in [-0.3, -0.25) is 0 Å². The summed E-state index contributed by atoms with van der Waals surface area (Å²) in [5.41, 5.74) is 2.22. The van der Waals surface area contributed by atoms with Gasteiger partial charge in [0, 0.05) is 11.5 Å². The summed E-state index contributed by atoms with van der Waals surface area (Å²) < 4.78 is 4.64. The van der Waals surface area contributed by atoms with Crippen LogP contribution in [-0.4, -0.2) is 24.8 Å². The third-order valence-corrected chi connectivity index (χ3v) is 2.91. The summed E-state index contributed by atoms with van der Waals surface area (Å²) in [6.07, 6.45) is 4.61. The number of allylic oxidation sites excluding steroid dienone is 2. The molecule has 1 aliphatic rings. The van der Waals surface area contributed by atoms with Crippen molar-refractivity contribution in [2.75, 3.05) is 13.7 Å². The van der Waals surface area contributed by atoms with Gasteiger partial charge < -0.3 is 9.84 Å². The molecular weight excluding hydrogens is 228 g/mol. The molecule has 0 saturated carbocycles. The SMILES string of the molecule is CCC1=C(CO)C=CC(C(=O)OC)=C(Cl)C1. The molecule has 1 N–H and O–H groups in total. The highest BCUT2D eigenvalue weighted by molar-refractivity contribution is 6.32. The van der Waals surface area contributed by atoms with Crippen LogP contribution in [0.5, 0.6) is 0 Å². The highest BCUT2D eigenvalue weighted by Gasteiger charge is 2.17. The quantitative estimate of drug-likeness (QED) is 0.773. The molecule has 1 aliphatic carbocycles. The molecule has 0 heterocycles. The molecule has 88 valence electrons. The number of hydrogen-bond donors (Lipinski definition) is 1. The van der Waals surface area contributed by atoms with Crippen LogP contribution in [-0.2, 0) is 9.53 Å². The van der Waals surface area contributed by atoms with Crippen molar-refractivity contribution in [3.8, 4) is 0 Å². The number of hydrogen-bond acceptors (Lipinski definition) is 3. The molecule has 0 aromatic carbocycles. The van der Waals surface area contributed by atoms with Crippen LogP contribution in [0.25, 0.3) is 0 Å². The van der Waals surface area contributed by atoms with Gasteiger partial charge in [-0.1, -0.05) is 30.2 Å². The summed E-state index contributed by atoms with van der Waals surface area (Å²) in [6, 6.07) is 0. The molecule has 0 bridgehead atoms. The molecule has 0 amide bonds. The number of halogens is 1. The topological polar surface area (TPSA) is 46.5 Å². The molecule has 0 radical (unpaired) electrons. The van der Waals surface area contributed by atoms with Crippen molar-refractivity contribution in [2.24, 2.45) is 0 Å². The van der Waals surface area contributed by atoms with E-state index >= 15 is 0 Å². The van der Waals surface area contributed by atoms with Gasteiger partial charge in [-0.05, 0) is 18.1 Å². The van der Waals surface area contributed by atoms with Crippen LogP contribution >= 0.6 is 11.6 Å². The zero-order chi connectivity index (χ0) is 12.1. The summed E-state index contributed by atoms with van der Waals surface area (Å²) in [7, 11) is 1.32. The van der Waals surface area contributed by atoms with Gasteiger partial charge in [-0.25, -0.2) is 4.79 Å². The normalized spacial score (nSPS) is 16.5. The minimum atomic E-state index is -0.448. The molecule has 0 aromatic rings. The Kier molecular flexibility index (Phi) is 4.77. The Hall–Kier alpha value is -1.06. The van der Waals surface area contributed by atoms with Crippen LogP contribution in [0.4, 0.5) is 0 Å². The van der Waals surface area contributed by atoms with Crippen molar-refractivity contribution in [3.63, 3.8) is 0 Å². The summed E-state index contributed by atoms with van der Waals surface area (Å²) in [4.78, 5) is 11.4. The zero-order valence-electron chi connectivity index (χ0n) is 9.42. The summed E-state index contributed by atoms with van der Waals surface area (Å²) >= 11 is 6.07. The highest BCUT2D eigenvalue weighted by Crippen LogP contribution is 2.28. The van der Waals surface area contributed by atoms with E-state index in [-0.39, 0.29) is 6.61 Å². The minimum absolute atomic E-state index is 0.0434. The van der Waals surface area contributed by atoms with Crippen molar-refractivity contribution in [3.05, 3.63) is 33.9 Å². The Morgan fingerprint density at radius 1 is 1.56 bits per heavy atom. The fourth-order valence-electron chi connectivity index (χ4n) is 1.59. The Balaban J connectivity index is 3.08. The summed E-state index contributed by atoms with van der Waals surface area (Å²) in [5.74, 6) is -0.448. The van der Waals surface area contributed by atoms with Crippen LogP contribution in [0.3, 0.4) is 0 Å². The number of carbonyl (C=O) groups is 1. The molecule has 0 unspecified atom stereocenters. The zero-order valence-corrected chi connectivity index (χ0v) is 10.2. The fraction of sp³-hybridized carbons (Fsp3) is 0.417. The smallest absolute Gasteiger partial charge is 0.339 e. The van der Waals surface area contributed by atoms with Crippen molar-refractivity contribution in [1.29, 1.82) is 0 Å². The van der Waals surface area contributed by atoms with E-state index in [1.54, 1.807) is 12.2 Å². The lowest BCUT2D eigenvalue weighted by molar-refractivity contribution is -0.135. The van der Waals surface area contributed by atoms with Crippen LogP contribution in [0.2, 0.25) is 0 Å². The molecule has 0 fully saturated rings. The molecule has 0 aliphatic heterocycles. The Morgan fingerprint density at radius 3 is 2.75 bits per heavy atom. The van der Waals surface area contributed by atoms with Gasteiger partial charge in [0.25, 0.3) is 0 Å². The maximum Gasteiger partial charge on any atom is 0.339 e. The first-order chi connectivity index (χ1) is 7.63. The Bertz CT molecular complexity index is 378. The van der Waals surface area contributed by atoms with E-state index in [0.29, 0.717) is 17.0 Å². The number of aliphatic hydroxyl groups excluding tert-OH is 1. The molecule has 0 aromatic heterocycles. The first kappa shape index (κ1) is 13.0. The number of ether oxygens (including phenoxy) is 1. The molecule has 0 saturated heterocycles. The van der Waals surface area contributed by atoms with E-state index in [4.69, 9.17) is 11.6 Å². The first-order valence-electron chi connectivity index (χ1n) is 5.10. The van der Waals surface area contributed by atoms with E-state index in [2.05, 4.69) is 4.74 Å². The van der Waals surface area contributed by atoms with Gasteiger partial charge in [0.1, 0.15) is 0 Å². The van der Waals surface area contributed by atoms with Crippen LogP contribution in [0, 0.1) is 0 Å². The standard InChI is InChI=1S/C12H15ClO3/c1-3-8-6-11(13)10(12(15)16-2)5-4-9(8)7-14/h4-5,14H,3,6-7H2,1-2H3. The van der Waals surface area contributed by atoms with Crippen LogP contribution in [0.1, 0.15) is 19.8 Å². The number of esters is 1. The van der Waals surface area contributed by atoms with Crippen molar-refractivity contribution >= 4 is 17.6 Å². The van der Waals surface area contributed by atoms with Crippen molar-refractivity contribution in [2.45, 2.75) is 19.8 Å². The second-order valence-electron chi connectivity index (χ2n) is 3.46. The lowest BCUT2D eigenvalue weighted by Gasteiger charge is -2.07. The van der Waals surface area contributed by atoms with E-state index in [1.165, 1.54) is 7.11 Å². The maximum atomic E-state index is 11.4. The third kappa shape index (κ3) is 2.74. The monoisotopic (exact) mass is 242 g/mol. The van der Waals surface area contributed by atoms with Crippen molar-refractivity contribution in [1.82, 2.24) is 0 Å². The van der Waals surface area contributed by atoms with Gasteiger partial charge in [-0.15, -0.1) is 0 Å². The molecule has 0 spiro atoms. The van der Waals surface area contributed by atoms with Gasteiger partial charge in [0.2, 0.25) is 0 Å². The lowest BCUT2D eigenvalue weighted by atomic mass is 10.0. The molecule has 3 nitrogen and oxygen atoms in total. The minimum Gasteiger partial charge on any atom is -0.465 e. The van der Waals surface area contributed by atoms with E-state index in [0.717, 1.165) is 17.6 Å². The Morgan fingerprint density at radius 2 is 2.25 bits per heavy atom. The third-order valence-electron chi connectivity index (χ3n) is 2.57. The Labute approximate surface area is 100 Å². The molecular formula is C12H15ClO3. The molecule has 0 atom stereocenters. The van der Waals surface area contributed by atoms with Crippen LogP contribution in [0.15, 0.2) is 33.9 Å². The first-order valence-corrected chi connectivity index (χ1v) is 5.48. The van der Waals surface area contributed by atoms with E-state index in [1.807, 2.05) is 6.92 Å². The number of carbonyl (C=O) groups excluding carboxylic acids is 1. The summed E-state index contributed by atoms with van der Waals surface area (Å²) in [5, 5.41) is 9.66. The van der Waals surface area contributed by atoms with Gasteiger partial charge in [0.05, 0.1) is 19.3 Å². The molecule has 4 heteroatoms. The average Bonchev–Trinajstić information content (AvgIpc) is 2.46. The van der Waals surface area contributed by atoms with Crippen molar-refractivity contribution < 1.29 is 14.6 Å². The molecule has 1 rings (SSSR count). The average molecular weight is 243 g/mol. The highest BCUT2D eigenvalue weighted by atomic mass is 35.5. The largest absolute Gasteiger partial charge is 0.465 e. The molecule has 16 heavy (non-hydrogen) atoms. The van der Waals surface area contributed by atoms with E-state index in [9.17, 15) is 9.90 Å². The van der Waals surface area contributed by atoms with Gasteiger partial charge in [0.15, 0.2) is 0 Å². The number of methoxy groups -OCH3 is 1. The number of aliphatic hydroxyl groups is 1. The maximum absolute atomic E-state index is 11.4. The predicted octanol–water partition coefficient (Wildman–Crippen LogP) is 2.31. The second kappa shape index (κ2) is 5.87. The number of rotatable bonds is 3. The van der Waals surface area contributed by atoms with Crippen LogP contribution < -0.4 is 0 Å². The lowest BCUT2D eigenvalue weighted by Crippen LogP contribution is -2.04. The second-order valence-corrected chi connectivity index (χ2v) is 3.92.